The van der Waals surface area contributed by atoms with Crippen LogP contribution in [0.3, 0.4) is 0 Å². The molecule has 0 fully saturated rings. The van der Waals surface area contributed by atoms with Crippen LogP contribution in [0.25, 0.3) is 55.2 Å². The van der Waals surface area contributed by atoms with Gasteiger partial charge in [0.25, 0.3) is 0 Å². The molecule has 1 aromatic carbocycles. The molecule has 0 unspecified atom stereocenters. The molecule has 2 N–H and O–H groups in total. The molecule has 0 aliphatic heterocycles. The van der Waals surface area contributed by atoms with Crippen LogP contribution in [0.1, 0.15) is 5.56 Å². The highest BCUT2D eigenvalue weighted by Gasteiger charge is 2.17. The van der Waals surface area contributed by atoms with Crippen LogP contribution in [0, 0.1) is 12.1 Å². The number of thiophene rings is 1. The van der Waals surface area contributed by atoms with E-state index in [9.17, 15) is 4.39 Å². The number of nitrogens with one attached hydrogen (secondary N) is 2. The first-order valence-corrected chi connectivity index (χ1v) is 10.5. The first-order valence-electron chi connectivity index (χ1n) is 9.67. The molecule has 0 amide bonds. The molecule has 31 heavy (non-hydrogen) atoms. The summed E-state index contributed by atoms with van der Waals surface area (Å²) in [6, 6.07) is 13.2. The number of hydrogen-bond donors (Lipinski definition) is 2. The fourth-order valence-electron chi connectivity index (χ4n) is 3.82. The van der Waals surface area contributed by atoms with Crippen molar-refractivity contribution in [3.8, 4) is 33.1 Å². The topological polar surface area (TPSA) is 83.1 Å². The zero-order valence-corrected chi connectivity index (χ0v) is 17.2. The zero-order chi connectivity index (χ0) is 20.9. The van der Waals surface area contributed by atoms with Crippen LogP contribution in [0.4, 0.5) is 4.39 Å². The number of nitrogens with zero attached hydrogens (tertiary/aromatic N) is 4. The van der Waals surface area contributed by atoms with Crippen molar-refractivity contribution in [2.45, 2.75) is 6.92 Å². The number of rotatable bonds is 3. The molecule has 150 valence electrons. The van der Waals surface area contributed by atoms with Crippen molar-refractivity contribution in [2.24, 2.45) is 0 Å². The lowest BCUT2D eigenvalue weighted by molar-refractivity contribution is 0.657. The molecule has 0 saturated carbocycles. The molecule has 0 aliphatic rings. The van der Waals surface area contributed by atoms with Gasteiger partial charge in [0.15, 0.2) is 16.6 Å². The SMILES string of the molecule is Cc1ccncc1-c1ccc2[nH]nc(-c3nc4nccc(-c5ccc(F)s5)c4[nH]3)c2c1. The van der Waals surface area contributed by atoms with Crippen LogP contribution in [-0.2, 0) is 0 Å². The van der Waals surface area contributed by atoms with Crippen LogP contribution < -0.4 is 0 Å². The van der Waals surface area contributed by atoms with Gasteiger partial charge in [-0.1, -0.05) is 6.07 Å². The summed E-state index contributed by atoms with van der Waals surface area (Å²) in [6.45, 7) is 2.07. The van der Waals surface area contributed by atoms with Crippen molar-refractivity contribution in [1.82, 2.24) is 30.1 Å². The smallest absolute Gasteiger partial charge is 0.178 e. The predicted octanol–water partition coefficient (Wildman–Crippen LogP) is 5.74. The van der Waals surface area contributed by atoms with Crippen LogP contribution in [0.2, 0.25) is 0 Å². The molecule has 6 aromatic rings. The summed E-state index contributed by atoms with van der Waals surface area (Å²) in [5, 5.41) is 8.31. The van der Waals surface area contributed by atoms with Crippen LogP contribution >= 0.6 is 11.3 Å². The second-order valence-electron chi connectivity index (χ2n) is 7.27. The Bertz CT molecular complexity index is 1580. The predicted molar refractivity (Wildman–Crippen MR) is 120 cm³/mol. The van der Waals surface area contributed by atoms with Gasteiger partial charge in [0.1, 0.15) is 5.69 Å². The van der Waals surface area contributed by atoms with Gasteiger partial charge >= 0.3 is 0 Å². The summed E-state index contributed by atoms with van der Waals surface area (Å²) < 4.78 is 13.6. The monoisotopic (exact) mass is 426 g/mol. The van der Waals surface area contributed by atoms with E-state index < -0.39 is 0 Å². The quantitative estimate of drug-likeness (QED) is 0.378. The van der Waals surface area contributed by atoms with E-state index in [0.717, 1.165) is 54.9 Å². The Morgan fingerprint density at radius 3 is 2.77 bits per heavy atom. The van der Waals surface area contributed by atoms with E-state index in [2.05, 4.69) is 49.2 Å². The lowest BCUT2D eigenvalue weighted by Gasteiger charge is -2.05. The Labute approximate surface area is 179 Å². The van der Waals surface area contributed by atoms with E-state index >= 15 is 0 Å². The van der Waals surface area contributed by atoms with Gasteiger partial charge in [-0.3, -0.25) is 10.1 Å². The Morgan fingerprint density at radius 1 is 1.00 bits per heavy atom. The van der Waals surface area contributed by atoms with E-state index in [-0.39, 0.29) is 5.13 Å². The number of benzene rings is 1. The standard InChI is InChI=1S/C23H15FN6S/c1-12-6-8-25-11-16(12)13-2-3-17-15(10-13)21(30-29-17)23-27-20-14(7-9-26-22(20)28-23)18-4-5-19(24)31-18/h2-11H,1H3,(H,29,30)(H,26,27,28). The van der Waals surface area contributed by atoms with E-state index in [0.29, 0.717) is 17.2 Å². The number of fused-ring (bicyclic) bond motifs is 2. The Morgan fingerprint density at radius 2 is 1.94 bits per heavy atom. The molecule has 0 saturated heterocycles. The second kappa shape index (κ2) is 6.82. The third-order valence-corrected chi connectivity index (χ3v) is 6.27. The van der Waals surface area contributed by atoms with Gasteiger partial charge in [-0.25, -0.2) is 9.97 Å². The molecule has 0 aliphatic carbocycles. The highest BCUT2D eigenvalue weighted by molar-refractivity contribution is 7.14. The van der Waals surface area contributed by atoms with E-state index in [1.54, 1.807) is 18.5 Å². The van der Waals surface area contributed by atoms with E-state index in [1.807, 2.05) is 24.4 Å². The molecule has 6 rings (SSSR count). The maximum absolute atomic E-state index is 13.6. The number of H-pyrrole nitrogens is 2. The van der Waals surface area contributed by atoms with Crippen LogP contribution in [0.5, 0.6) is 0 Å². The molecule has 0 radical (unpaired) electrons. The minimum absolute atomic E-state index is 0.226. The first kappa shape index (κ1) is 17.9. The molecular weight excluding hydrogens is 411 g/mol. The van der Waals surface area contributed by atoms with Crippen LogP contribution in [-0.4, -0.2) is 30.1 Å². The number of aromatic nitrogens is 6. The molecule has 0 spiro atoms. The van der Waals surface area contributed by atoms with E-state index in [1.165, 1.54) is 6.07 Å². The summed E-state index contributed by atoms with van der Waals surface area (Å²) in [7, 11) is 0. The maximum Gasteiger partial charge on any atom is 0.178 e. The number of halogens is 1. The largest absolute Gasteiger partial charge is 0.335 e. The van der Waals surface area contributed by atoms with Crippen molar-refractivity contribution in [1.29, 1.82) is 0 Å². The molecule has 6 nitrogen and oxygen atoms in total. The third-order valence-electron chi connectivity index (χ3n) is 5.37. The first-order chi connectivity index (χ1) is 15.2. The van der Waals surface area contributed by atoms with Crippen LogP contribution in [0.15, 0.2) is 61.1 Å². The minimum atomic E-state index is -0.226. The number of aromatic amines is 2. The summed E-state index contributed by atoms with van der Waals surface area (Å²) in [5.74, 6) is 0.610. The van der Waals surface area contributed by atoms with Gasteiger partial charge in [-0.2, -0.15) is 9.49 Å². The summed E-state index contributed by atoms with van der Waals surface area (Å²) in [5.41, 5.74) is 7.10. The summed E-state index contributed by atoms with van der Waals surface area (Å²) in [4.78, 5) is 17.5. The van der Waals surface area contributed by atoms with E-state index in [4.69, 9.17) is 0 Å². The highest BCUT2D eigenvalue weighted by Crippen LogP contribution is 2.34. The maximum atomic E-state index is 13.6. The van der Waals surface area contributed by atoms with Crippen molar-refractivity contribution in [3.63, 3.8) is 0 Å². The van der Waals surface area contributed by atoms with Gasteiger partial charge in [0, 0.05) is 40.0 Å². The second-order valence-corrected chi connectivity index (χ2v) is 8.30. The Balaban J connectivity index is 1.52. The average molecular weight is 426 g/mol. The summed E-state index contributed by atoms with van der Waals surface area (Å²) >= 11 is 1.10. The van der Waals surface area contributed by atoms with Crippen molar-refractivity contribution in [2.75, 3.05) is 0 Å². The fourth-order valence-corrected chi connectivity index (χ4v) is 4.58. The molecule has 8 heteroatoms. The molecule has 0 bridgehead atoms. The van der Waals surface area contributed by atoms with Gasteiger partial charge in [0.2, 0.25) is 0 Å². The number of imidazole rings is 1. The Hall–Kier alpha value is -3.91. The zero-order valence-electron chi connectivity index (χ0n) is 16.3. The van der Waals surface area contributed by atoms with Gasteiger partial charge in [-0.15, -0.1) is 11.3 Å². The minimum Gasteiger partial charge on any atom is -0.335 e. The lowest BCUT2D eigenvalue weighted by Crippen LogP contribution is -1.85. The van der Waals surface area contributed by atoms with Gasteiger partial charge < -0.3 is 4.98 Å². The van der Waals surface area contributed by atoms with Gasteiger partial charge in [-0.05, 0) is 54.4 Å². The van der Waals surface area contributed by atoms with Crippen molar-refractivity contribution in [3.05, 3.63) is 71.7 Å². The fraction of sp³-hybridized carbons (Fsp3) is 0.0435. The normalized spacial score (nSPS) is 11.5. The number of hydrogen-bond acceptors (Lipinski definition) is 5. The van der Waals surface area contributed by atoms with Gasteiger partial charge in [0.05, 0.1) is 11.0 Å². The summed E-state index contributed by atoms with van der Waals surface area (Å²) in [6.07, 6.45) is 5.35. The Kier molecular flexibility index (Phi) is 3.94. The third kappa shape index (κ3) is 2.91. The highest BCUT2D eigenvalue weighted by atomic mass is 32.1. The number of pyridine rings is 2. The molecule has 5 aromatic heterocycles. The molecular formula is C23H15FN6S. The van der Waals surface area contributed by atoms with Crippen molar-refractivity contribution < 1.29 is 4.39 Å². The van der Waals surface area contributed by atoms with Crippen molar-refractivity contribution >= 4 is 33.4 Å². The molecule has 0 atom stereocenters. The number of aryl methyl sites for hydroxylation is 1. The average Bonchev–Trinajstić information content (AvgIpc) is 3.50. The molecule has 5 heterocycles. The lowest BCUT2D eigenvalue weighted by atomic mass is 10.0.